The van der Waals surface area contributed by atoms with Crippen LogP contribution in [0.25, 0.3) is 5.65 Å². The maximum absolute atomic E-state index is 12.7. The Bertz CT molecular complexity index is 1080. The predicted molar refractivity (Wildman–Crippen MR) is 108 cm³/mol. The Balaban J connectivity index is 1.60. The van der Waals surface area contributed by atoms with Crippen molar-refractivity contribution in [2.75, 3.05) is 23.3 Å². The van der Waals surface area contributed by atoms with Gasteiger partial charge in [-0.3, -0.25) is 4.79 Å². The lowest BCUT2D eigenvalue weighted by molar-refractivity contribution is -0.117. The summed E-state index contributed by atoms with van der Waals surface area (Å²) in [5.41, 5.74) is 0.668. The number of nitrogens with one attached hydrogen (secondary N) is 1. The minimum absolute atomic E-state index is 0.192. The lowest BCUT2D eigenvalue weighted by Crippen LogP contribution is -2.35. The Morgan fingerprint density at radius 2 is 2.25 bits per heavy atom. The molecule has 1 fully saturated rings. The van der Waals surface area contributed by atoms with Gasteiger partial charge < -0.3 is 10.2 Å². The van der Waals surface area contributed by atoms with Gasteiger partial charge in [-0.1, -0.05) is 24.6 Å². The predicted octanol–water partition coefficient (Wildman–Crippen LogP) is 2.42. The molecule has 8 nitrogen and oxygen atoms in total. The second-order valence-corrected chi connectivity index (χ2v) is 7.57. The maximum Gasteiger partial charge on any atom is 0.350 e. The summed E-state index contributed by atoms with van der Waals surface area (Å²) in [5.74, 6) is 0.891. The van der Waals surface area contributed by atoms with Gasteiger partial charge in [0, 0.05) is 36.2 Å². The van der Waals surface area contributed by atoms with Crippen LogP contribution >= 0.6 is 11.6 Å². The van der Waals surface area contributed by atoms with Crippen molar-refractivity contribution in [3.63, 3.8) is 0 Å². The third-order valence-electron chi connectivity index (χ3n) is 4.84. The number of fused-ring (bicyclic) bond motifs is 1. The summed E-state index contributed by atoms with van der Waals surface area (Å²) in [6, 6.07) is 6.84. The van der Waals surface area contributed by atoms with Gasteiger partial charge in [-0.15, -0.1) is 5.10 Å². The van der Waals surface area contributed by atoms with E-state index in [0.29, 0.717) is 28.1 Å². The van der Waals surface area contributed by atoms with Crippen molar-refractivity contribution in [2.24, 2.45) is 5.92 Å². The lowest BCUT2D eigenvalue weighted by atomic mass is 10.0. The van der Waals surface area contributed by atoms with Gasteiger partial charge in [0.2, 0.25) is 11.6 Å². The highest BCUT2D eigenvalue weighted by Crippen LogP contribution is 2.23. The highest BCUT2D eigenvalue weighted by molar-refractivity contribution is 6.30. The molecule has 9 heteroatoms. The van der Waals surface area contributed by atoms with Crippen LogP contribution in [0.2, 0.25) is 5.02 Å². The summed E-state index contributed by atoms with van der Waals surface area (Å²) in [4.78, 5) is 31.7. The number of rotatable bonds is 4. The molecule has 0 aliphatic carbocycles. The van der Waals surface area contributed by atoms with E-state index < -0.39 is 0 Å². The molecule has 1 saturated heterocycles. The summed E-state index contributed by atoms with van der Waals surface area (Å²) < 4.78 is 2.60. The number of amides is 1. The average Bonchev–Trinajstić information content (AvgIpc) is 2.97. The molecule has 1 atom stereocenters. The summed E-state index contributed by atoms with van der Waals surface area (Å²) in [6.07, 6.45) is 5.44. The van der Waals surface area contributed by atoms with Crippen LogP contribution in [0.1, 0.15) is 19.8 Å². The fourth-order valence-corrected chi connectivity index (χ4v) is 3.74. The Hall–Kier alpha value is -2.87. The molecule has 1 aliphatic rings. The first-order chi connectivity index (χ1) is 13.5. The van der Waals surface area contributed by atoms with Crippen LogP contribution in [0, 0.1) is 5.92 Å². The van der Waals surface area contributed by atoms with Crippen LogP contribution in [0.3, 0.4) is 0 Å². The first kappa shape index (κ1) is 18.5. The molecule has 2 aromatic heterocycles. The Morgan fingerprint density at radius 3 is 3.04 bits per heavy atom. The zero-order chi connectivity index (χ0) is 19.7. The first-order valence-electron chi connectivity index (χ1n) is 9.26. The monoisotopic (exact) mass is 400 g/mol. The number of hydrogen-bond acceptors (Lipinski definition) is 5. The minimum atomic E-state index is -0.370. The second-order valence-electron chi connectivity index (χ2n) is 7.14. The molecular weight excluding hydrogens is 380 g/mol. The van der Waals surface area contributed by atoms with Crippen LogP contribution in [-0.2, 0) is 11.3 Å². The topological polar surface area (TPSA) is 84.5 Å². The molecule has 0 bridgehead atoms. The number of halogens is 1. The van der Waals surface area contributed by atoms with Gasteiger partial charge in [-0.05, 0) is 37.0 Å². The first-order valence-corrected chi connectivity index (χ1v) is 9.63. The fraction of sp³-hybridized carbons (Fsp3) is 0.368. The van der Waals surface area contributed by atoms with Crippen LogP contribution in [0.5, 0.6) is 0 Å². The molecule has 1 amide bonds. The van der Waals surface area contributed by atoms with Gasteiger partial charge in [-0.25, -0.2) is 18.9 Å². The molecule has 0 radical (unpaired) electrons. The smallest absolute Gasteiger partial charge is 0.350 e. The van der Waals surface area contributed by atoms with E-state index in [0.717, 1.165) is 24.2 Å². The minimum Gasteiger partial charge on any atom is -0.353 e. The van der Waals surface area contributed by atoms with E-state index in [1.165, 1.54) is 10.8 Å². The highest BCUT2D eigenvalue weighted by Gasteiger charge is 2.22. The number of nitrogens with zero attached hydrogens (tertiary/aromatic N) is 5. The quantitative estimate of drug-likeness (QED) is 0.727. The van der Waals surface area contributed by atoms with Crippen LogP contribution < -0.4 is 15.9 Å². The van der Waals surface area contributed by atoms with Gasteiger partial charge in [0.15, 0.2) is 5.82 Å². The number of anilines is 2. The maximum atomic E-state index is 12.7. The van der Waals surface area contributed by atoms with Crippen LogP contribution in [0.15, 0.2) is 41.5 Å². The molecular formula is C19H21ClN6O2. The molecule has 28 heavy (non-hydrogen) atoms. The molecule has 0 saturated carbocycles. The van der Waals surface area contributed by atoms with E-state index in [4.69, 9.17) is 11.6 Å². The van der Waals surface area contributed by atoms with Crippen molar-refractivity contribution in [3.05, 3.63) is 52.2 Å². The van der Waals surface area contributed by atoms with E-state index in [1.54, 1.807) is 36.7 Å². The zero-order valence-corrected chi connectivity index (χ0v) is 16.3. The molecule has 0 spiro atoms. The Morgan fingerprint density at radius 1 is 1.39 bits per heavy atom. The fourth-order valence-electron chi connectivity index (χ4n) is 3.55. The standard InChI is InChI=1S/C19H21ClN6O2/c1-13-4-3-8-24(11-13)17-18-23-26(19(28)25(18)9-7-21-17)12-16(27)22-15-6-2-5-14(20)10-15/h2,5-7,9-10,13H,3-4,8,11-12H2,1H3,(H,22,27). The van der Waals surface area contributed by atoms with Crippen molar-refractivity contribution in [2.45, 2.75) is 26.3 Å². The van der Waals surface area contributed by atoms with E-state index in [9.17, 15) is 9.59 Å². The highest BCUT2D eigenvalue weighted by atomic mass is 35.5. The number of aromatic nitrogens is 4. The van der Waals surface area contributed by atoms with Crippen molar-refractivity contribution in [1.29, 1.82) is 0 Å². The summed E-state index contributed by atoms with van der Waals surface area (Å²) in [6.45, 7) is 3.77. The van der Waals surface area contributed by atoms with Crippen LogP contribution in [0.4, 0.5) is 11.5 Å². The second kappa shape index (κ2) is 7.63. The number of carbonyl (C=O) groups excluding carboxylic acids is 1. The third kappa shape index (κ3) is 3.73. The molecule has 3 heterocycles. The van der Waals surface area contributed by atoms with Gasteiger partial charge in [0.25, 0.3) is 0 Å². The number of carbonyl (C=O) groups is 1. The number of piperidine rings is 1. The SMILES string of the molecule is CC1CCCN(c2nccn3c(=O)n(CC(=O)Nc4cccc(Cl)c4)nc23)C1. The number of benzene rings is 1. The van der Waals surface area contributed by atoms with E-state index >= 15 is 0 Å². The van der Waals surface area contributed by atoms with E-state index in [1.807, 2.05) is 0 Å². The molecule has 4 rings (SSSR count). The lowest BCUT2D eigenvalue weighted by Gasteiger charge is -2.31. The van der Waals surface area contributed by atoms with E-state index in [-0.39, 0.29) is 18.1 Å². The zero-order valence-electron chi connectivity index (χ0n) is 15.5. The summed E-state index contributed by atoms with van der Waals surface area (Å²) in [7, 11) is 0. The normalized spacial score (nSPS) is 17.1. The molecule has 1 N–H and O–H groups in total. The molecule has 3 aromatic rings. The molecule has 1 aliphatic heterocycles. The molecule has 1 unspecified atom stereocenters. The van der Waals surface area contributed by atoms with Crippen LogP contribution in [-0.4, -0.2) is 38.2 Å². The Labute approximate surface area is 166 Å². The summed E-state index contributed by atoms with van der Waals surface area (Å²) in [5, 5.41) is 7.64. The third-order valence-corrected chi connectivity index (χ3v) is 5.08. The van der Waals surface area contributed by atoms with Gasteiger partial charge in [0.1, 0.15) is 6.54 Å². The van der Waals surface area contributed by atoms with Gasteiger partial charge >= 0.3 is 5.69 Å². The van der Waals surface area contributed by atoms with E-state index in [2.05, 4.69) is 27.2 Å². The van der Waals surface area contributed by atoms with Crippen molar-refractivity contribution in [1.82, 2.24) is 19.2 Å². The number of hydrogen-bond donors (Lipinski definition) is 1. The van der Waals surface area contributed by atoms with Crippen molar-refractivity contribution >= 4 is 34.7 Å². The average molecular weight is 401 g/mol. The molecule has 146 valence electrons. The van der Waals surface area contributed by atoms with Gasteiger partial charge in [-0.2, -0.15) is 0 Å². The largest absolute Gasteiger partial charge is 0.353 e. The van der Waals surface area contributed by atoms with Crippen molar-refractivity contribution < 1.29 is 4.79 Å². The Kier molecular flexibility index (Phi) is 5.04. The summed E-state index contributed by atoms with van der Waals surface area (Å²) >= 11 is 5.93. The van der Waals surface area contributed by atoms with Crippen molar-refractivity contribution in [3.8, 4) is 0 Å². The molecule has 1 aromatic carbocycles. The van der Waals surface area contributed by atoms with Gasteiger partial charge in [0.05, 0.1) is 0 Å².